The lowest BCUT2D eigenvalue weighted by Crippen LogP contribution is -2.23. The van der Waals surface area contributed by atoms with Crippen molar-refractivity contribution in [2.24, 2.45) is 0 Å². The van der Waals surface area contributed by atoms with E-state index in [1.165, 1.54) is 11.6 Å². The van der Waals surface area contributed by atoms with Crippen molar-refractivity contribution in [3.8, 4) is 5.75 Å². The standard InChI is InChI=1S/C17H20FNO/c1-4-19-17(13-10-8-12(2)9-11-13)16-14(18)6-5-7-15(16)20-3/h5-11,17,19H,4H2,1-3H3. The second-order valence-electron chi connectivity index (χ2n) is 4.76. The molecule has 2 aromatic rings. The van der Waals surface area contributed by atoms with Crippen LogP contribution in [0, 0.1) is 12.7 Å². The second-order valence-corrected chi connectivity index (χ2v) is 4.76. The van der Waals surface area contributed by atoms with Gasteiger partial charge in [0.15, 0.2) is 0 Å². The van der Waals surface area contributed by atoms with Gasteiger partial charge in [0.25, 0.3) is 0 Å². The number of methoxy groups -OCH3 is 1. The van der Waals surface area contributed by atoms with E-state index >= 15 is 0 Å². The van der Waals surface area contributed by atoms with Crippen molar-refractivity contribution in [2.45, 2.75) is 19.9 Å². The molecule has 0 aliphatic rings. The third-order valence-electron chi connectivity index (χ3n) is 3.34. The minimum atomic E-state index is -0.254. The molecule has 1 unspecified atom stereocenters. The monoisotopic (exact) mass is 273 g/mol. The van der Waals surface area contributed by atoms with Crippen molar-refractivity contribution in [1.29, 1.82) is 0 Å². The molecule has 2 rings (SSSR count). The molecule has 0 aromatic heterocycles. The zero-order chi connectivity index (χ0) is 14.5. The van der Waals surface area contributed by atoms with Gasteiger partial charge in [-0.1, -0.05) is 42.8 Å². The van der Waals surface area contributed by atoms with Crippen molar-refractivity contribution >= 4 is 0 Å². The van der Waals surface area contributed by atoms with Gasteiger partial charge in [0, 0.05) is 0 Å². The van der Waals surface area contributed by atoms with Crippen LogP contribution in [-0.4, -0.2) is 13.7 Å². The van der Waals surface area contributed by atoms with Crippen molar-refractivity contribution < 1.29 is 9.13 Å². The number of hydrogen-bond acceptors (Lipinski definition) is 2. The molecular formula is C17H20FNO. The van der Waals surface area contributed by atoms with Gasteiger partial charge >= 0.3 is 0 Å². The van der Waals surface area contributed by atoms with Gasteiger partial charge in [-0.2, -0.15) is 0 Å². The average Bonchev–Trinajstić information content (AvgIpc) is 2.46. The zero-order valence-corrected chi connectivity index (χ0v) is 12.1. The molecule has 0 amide bonds. The van der Waals surface area contributed by atoms with Crippen molar-refractivity contribution in [3.05, 3.63) is 65.0 Å². The lowest BCUT2D eigenvalue weighted by atomic mass is 9.96. The van der Waals surface area contributed by atoms with Gasteiger partial charge in [0.1, 0.15) is 11.6 Å². The maximum atomic E-state index is 14.3. The zero-order valence-electron chi connectivity index (χ0n) is 12.1. The first kappa shape index (κ1) is 14.5. The number of nitrogens with one attached hydrogen (secondary N) is 1. The summed E-state index contributed by atoms with van der Waals surface area (Å²) in [5, 5.41) is 3.33. The quantitative estimate of drug-likeness (QED) is 0.893. The van der Waals surface area contributed by atoms with Gasteiger partial charge in [0.05, 0.1) is 18.7 Å². The van der Waals surface area contributed by atoms with Crippen LogP contribution in [0.25, 0.3) is 0 Å². The Morgan fingerprint density at radius 2 is 1.85 bits per heavy atom. The van der Waals surface area contributed by atoms with Crippen LogP contribution in [0.15, 0.2) is 42.5 Å². The molecule has 2 nitrogen and oxygen atoms in total. The van der Waals surface area contributed by atoms with E-state index in [0.717, 1.165) is 12.1 Å². The highest BCUT2D eigenvalue weighted by Gasteiger charge is 2.21. The molecule has 3 heteroatoms. The second kappa shape index (κ2) is 6.53. The van der Waals surface area contributed by atoms with E-state index in [9.17, 15) is 4.39 Å². The number of hydrogen-bond donors (Lipinski definition) is 1. The normalized spacial score (nSPS) is 12.2. The lowest BCUT2D eigenvalue weighted by Gasteiger charge is -2.22. The van der Waals surface area contributed by atoms with E-state index in [2.05, 4.69) is 5.32 Å². The Bertz CT molecular complexity index is 566. The molecule has 1 atom stereocenters. The molecule has 1 N–H and O–H groups in total. The maximum Gasteiger partial charge on any atom is 0.132 e. The van der Waals surface area contributed by atoms with Gasteiger partial charge < -0.3 is 10.1 Å². The Labute approximate surface area is 119 Å². The molecule has 0 aliphatic heterocycles. The first-order chi connectivity index (χ1) is 9.67. The molecule has 0 radical (unpaired) electrons. The summed E-state index contributed by atoms with van der Waals surface area (Å²) in [7, 11) is 1.57. The van der Waals surface area contributed by atoms with Gasteiger partial charge in [-0.15, -0.1) is 0 Å². The minimum Gasteiger partial charge on any atom is -0.496 e. The van der Waals surface area contributed by atoms with Crippen molar-refractivity contribution in [1.82, 2.24) is 5.32 Å². The van der Waals surface area contributed by atoms with Crippen molar-refractivity contribution in [3.63, 3.8) is 0 Å². The maximum absolute atomic E-state index is 14.3. The molecule has 0 saturated carbocycles. The molecular weight excluding hydrogens is 253 g/mol. The van der Waals surface area contributed by atoms with Gasteiger partial charge in [-0.05, 0) is 31.2 Å². The third-order valence-corrected chi connectivity index (χ3v) is 3.34. The number of rotatable bonds is 5. The summed E-state index contributed by atoms with van der Waals surface area (Å²) in [4.78, 5) is 0. The predicted octanol–water partition coefficient (Wildman–Crippen LogP) is 3.84. The Morgan fingerprint density at radius 1 is 1.15 bits per heavy atom. The van der Waals surface area contributed by atoms with Crippen LogP contribution in [-0.2, 0) is 0 Å². The molecule has 0 bridgehead atoms. The third kappa shape index (κ3) is 2.99. The smallest absolute Gasteiger partial charge is 0.132 e. The molecule has 2 aromatic carbocycles. The summed E-state index contributed by atoms with van der Waals surface area (Å²) >= 11 is 0. The molecule has 0 aliphatic carbocycles. The Morgan fingerprint density at radius 3 is 2.45 bits per heavy atom. The molecule has 20 heavy (non-hydrogen) atoms. The lowest BCUT2D eigenvalue weighted by molar-refractivity contribution is 0.397. The van der Waals surface area contributed by atoms with E-state index in [4.69, 9.17) is 4.74 Å². The van der Waals surface area contributed by atoms with Crippen molar-refractivity contribution in [2.75, 3.05) is 13.7 Å². The first-order valence-electron chi connectivity index (χ1n) is 6.79. The van der Waals surface area contributed by atoms with Crippen LogP contribution in [0.1, 0.15) is 29.7 Å². The Kier molecular flexibility index (Phi) is 4.74. The summed E-state index contributed by atoms with van der Waals surface area (Å²) in [5.41, 5.74) is 2.77. The predicted molar refractivity (Wildman–Crippen MR) is 79.7 cm³/mol. The summed E-state index contributed by atoms with van der Waals surface area (Å²) in [6.07, 6.45) is 0. The van der Waals surface area contributed by atoms with Crippen LogP contribution in [0.4, 0.5) is 4.39 Å². The van der Waals surface area contributed by atoms with E-state index in [1.807, 2.05) is 38.1 Å². The summed E-state index contributed by atoms with van der Waals surface area (Å²) in [6.45, 7) is 4.79. The van der Waals surface area contributed by atoms with Crippen LogP contribution < -0.4 is 10.1 Å². The topological polar surface area (TPSA) is 21.3 Å². The molecule has 0 fully saturated rings. The fourth-order valence-electron chi connectivity index (χ4n) is 2.32. The summed E-state index contributed by atoms with van der Waals surface area (Å²) < 4.78 is 19.6. The van der Waals surface area contributed by atoms with Gasteiger partial charge in [-0.25, -0.2) is 4.39 Å². The van der Waals surface area contributed by atoms with E-state index in [1.54, 1.807) is 19.2 Å². The molecule has 0 spiro atoms. The highest BCUT2D eigenvalue weighted by molar-refractivity contribution is 5.43. The number of aryl methyl sites for hydroxylation is 1. The highest BCUT2D eigenvalue weighted by atomic mass is 19.1. The number of ether oxygens (including phenoxy) is 1. The van der Waals surface area contributed by atoms with Crippen LogP contribution in [0.2, 0.25) is 0 Å². The summed E-state index contributed by atoms with van der Waals surface area (Å²) in [6, 6.07) is 12.8. The molecule has 0 heterocycles. The highest BCUT2D eigenvalue weighted by Crippen LogP contribution is 2.32. The fraction of sp³-hybridized carbons (Fsp3) is 0.294. The molecule has 106 valence electrons. The summed E-state index contributed by atoms with van der Waals surface area (Å²) in [5.74, 6) is 0.312. The number of halogens is 1. The largest absolute Gasteiger partial charge is 0.496 e. The van der Waals surface area contributed by atoms with E-state index in [-0.39, 0.29) is 11.9 Å². The Balaban J connectivity index is 2.51. The first-order valence-corrected chi connectivity index (χ1v) is 6.79. The molecule has 0 saturated heterocycles. The fourth-order valence-corrected chi connectivity index (χ4v) is 2.32. The van der Waals surface area contributed by atoms with Crippen LogP contribution in [0.5, 0.6) is 5.75 Å². The van der Waals surface area contributed by atoms with E-state index < -0.39 is 0 Å². The van der Waals surface area contributed by atoms with Crippen LogP contribution >= 0.6 is 0 Å². The van der Waals surface area contributed by atoms with E-state index in [0.29, 0.717) is 11.3 Å². The van der Waals surface area contributed by atoms with Gasteiger partial charge in [-0.3, -0.25) is 0 Å². The van der Waals surface area contributed by atoms with Gasteiger partial charge in [0.2, 0.25) is 0 Å². The average molecular weight is 273 g/mol. The van der Waals surface area contributed by atoms with Crippen LogP contribution in [0.3, 0.4) is 0 Å². The Hall–Kier alpha value is -1.87. The SMILES string of the molecule is CCNC(c1ccc(C)cc1)c1c(F)cccc1OC. The minimum absolute atomic E-state index is 0.211. The number of benzene rings is 2.